The topological polar surface area (TPSA) is 71.5 Å². The maximum Gasteiger partial charge on any atom is 0.337 e. The number of hydrogen-bond donors (Lipinski definition) is 2. The van der Waals surface area contributed by atoms with Crippen molar-refractivity contribution in [2.75, 3.05) is 12.4 Å². The van der Waals surface area contributed by atoms with Crippen LogP contribution in [-0.4, -0.2) is 23.1 Å². The molecule has 0 bridgehead atoms. The van der Waals surface area contributed by atoms with Crippen molar-refractivity contribution < 1.29 is 14.6 Å². The molecule has 2 N–H and O–H groups in total. The quantitative estimate of drug-likeness (QED) is 0.566. The van der Waals surface area contributed by atoms with Gasteiger partial charge >= 0.3 is 5.97 Å². The van der Waals surface area contributed by atoms with Crippen LogP contribution in [0.4, 0.5) is 5.69 Å². The number of pyridine rings is 1. The Balaban J connectivity index is 0.000000188. The van der Waals surface area contributed by atoms with E-state index in [4.69, 9.17) is 21.4 Å². The van der Waals surface area contributed by atoms with Crippen molar-refractivity contribution in [3.8, 4) is 11.5 Å². The molecule has 150 valence electrons. The van der Waals surface area contributed by atoms with Crippen LogP contribution in [0.1, 0.15) is 34.3 Å². The molecule has 0 spiro atoms. The Morgan fingerprint density at radius 3 is 2.55 bits per heavy atom. The smallest absolute Gasteiger partial charge is 0.337 e. The van der Waals surface area contributed by atoms with E-state index < -0.39 is 5.97 Å². The molecule has 0 saturated heterocycles. The van der Waals surface area contributed by atoms with E-state index in [1.807, 2.05) is 30.3 Å². The van der Waals surface area contributed by atoms with Gasteiger partial charge in [0, 0.05) is 13.2 Å². The number of benzene rings is 2. The maximum absolute atomic E-state index is 10.5. The summed E-state index contributed by atoms with van der Waals surface area (Å²) in [5.41, 5.74) is 3.65. The second-order valence-electron chi connectivity index (χ2n) is 6.65. The number of aryl methyl sites for hydroxylation is 2. The number of nitrogens with one attached hydrogen (secondary N) is 1. The Kier molecular flexibility index (Phi) is 7.09. The number of carboxylic acid groups (broad SMARTS) is 1. The van der Waals surface area contributed by atoms with Gasteiger partial charge in [-0.25, -0.2) is 4.79 Å². The van der Waals surface area contributed by atoms with Gasteiger partial charge in [0.05, 0.1) is 22.5 Å². The van der Waals surface area contributed by atoms with E-state index in [1.54, 1.807) is 7.05 Å². The van der Waals surface area contributed by atoms with E-state index in [0.717, 1.165) is 17.9 Å². The Morgan fingerprint density at radius 2 is 1.86 bits per heavy atom. The summed E-state index contributed by atoms with van der Waals surface area (Å²) in [7, 11) is 1.66. The van der Waals surface area contributed by atoms with Crippen LogP contribution in [0.15, 0.2) is 60.9 Å². The summed E-state index contributed by atoms with van der Waals surface area (Å²) in [6.45, 7) is 0. The van der Waals surface area contributed by atoms with Gasteiger partial charge in [-0.2, -0.15) is 0 Å². The SMILES string of the molecule is CNc1cnccc1C(=O)O.Clc1ccccc1Oc1ccc2c(c1)CCCC2. The number of anilines is 1. The molecule has 3 aromatic rings. The van der Waals surface area contributed by atoms with Gasteiger partial charge in [-0.1, -0.05) is 29.8 Å². The van der Waals surface area contributed by atoms with Crippen LogP contribution >= 0.6 is 11.6 Å². The first-order chi connectivity index (χ1) is 14.1. The number of ether oxygens (including phenoxy) is 1. The lowest BCUT2D eigenvalue weighted by Gasteiger charge is -2.17. The lowest BCUT2D eigenvalue weighted by Crippen LogP contribution is -2.02. The number of fused-ring (bicyclic) bond motifs is 1. The molecule has 0 aliphatic heterocycles. The van der Waals surface area contributed by atoms with Crippen molar-refractivity contribution in [2.45, 2.75) is 25.7 Å². The first kappa shape index (κ1) is 20.7. The molecule has 29 heavy (non-hydrogen) atoms. The number of aromatic nitrogens is 1. The number of para-hydroxylation sites is 1. The van der Waals surface area contributed by atoms with Gasteiger partial charge in [0.1, 0.15) is 11.5 Å². The van der Waals surface area contributed by atoms with E-state index in [9.17, 15) is 4.79 Å². The summed E-state index contributed by atoms with van der Waals surface area (Å²) >= 11 is 6.09. The second kappa shape index (κ2) is 9.94. The zero-order valence-electron chi connectivity index (χ0n) is 16.2. The number of rotatable bonds is 4. The lowest BCUT2D eigenvalue weighted by molar-refractivity contribution is 0.0698. The van der Waals surface area contributed by atoms with Crippen LogP contribution < -0.4 is 10.1 Å². The van der Waals surface area contributed by atoms with Gasteiger partial charge < -0.3 is 15.2 Å². The minimum atomic E-state index is -0.947. The fourth-order valence-electron chi connectivity index (χ4n) is 3.21. The highest BCUT2D eigenvalue weighted by Gasteiger charge is 2.11. The largest absolute Gasteiger partial charge is 0.478 e. The van der Waals surface area contributed by atoms with Crippen LogP contribution in [-0.2, 0) is 12.8 Å². The van der Waals surface area contributed by atoms with Crippen molar-refractivity contribution in [3.63, 3.8) is 0 Å². The fourth-order valence-corrected chi connectivity index (χ4v) is 3.38. The number of hydrogen-bond acceptors (Lipinski definition) is 4. The minimum absolute atomic E-state index is 0.238. The molecule has 1 heterocycles. The van der Waals surface area contributed by atoms with Gasteiger partial charge in [-0.15, -0.1) is 0 Å². The molecule has 1 aromatic heterocycles. The molecular formula is C23H23ClN2O3. The van der Waals surface area contributed by atoms with Gasteiger partial charge in [-0.05, 0) is 67.1 Å². The van der Waals surface area contributed by atoms with E-state index in [1.165, 1.54) is 48.8 Å². The lowest BCUT2D eigenvalue weighted by atomic mass is 9.92. The molecule has 0 amide bonds. The number of halogens is 1. The molecule has 0 fully saturated rings. The predicted octanol–water partition coefficient (Wildman–Crippen LogP) is 5.83. The summed E-state index contributed by atoms with van der Waals surface area (Å²) < 4.78 is 5.84. The number of carbonyl (C=O) groups is 1. The summed E-state index contributed by atoms with van der Waals surface area (Å²) in [5, 5.41) is 12.0. The Bertz CT molecular complexity index is 991. The van der Waals surface area contributed by atoms with E-state index in [2.05, 4.69) is 22.4 Å². The van der Waals surface area contributed by atoms with E-state index in [-0.39, 0.29) is 5.56 Å². The molecule has 0 atom stereocenters. The molecule has 2 aromatic carbocycles. The Morgan fingerprint density at radius 1 is 1.10 bits per heavy atom. The fraction of sp³-hybridized carbons (Fsp3) is 0.217. The molecule has 0 saturated carbocycles. The highest BCUT2D eigenvalue weighted by atomic mass is 35.5. The Hall–Kier alpha value is -3.05. The number of aromatic carboxylic acids is 1. The summed E-state index contributed by atoms with van der Waals surface area (Å²) in [4.78, 5) is 14.3. The summed E-state index contributed by atoms with van der Waals surface area (Å²) in [6.07, 6.45) is 7.87. The van der Waals surface area contributed by atoms with Gasteiger partial charge in [0.15, 0.2) is 0 Å². The van der Waals surface area contributed by atoms with Crippen molar-refractivity contribution >= 4 is 23.3 Å². The monoisotopic (exact) mass is 410 g/mol. The highest BCUT2D eigenvalue weighted by Crippen LogP contribution is 2.31. The molecule has 4 rings (SSSR count). The molecule has 6 heteroatoms. The summed E-state index contributed by atoms with van der Waals surface area (Å²) in [6, 6.07) is 15.4. The van der Waals surface area contributed by atoms with Crippen LogP contribution in [0.5, 0.6) is 11.5 Å². The molecule has 0 radical (unpaired) electrons. The standard InChI is InChI=1S/C16H15ClO.C7H8N2O2/c17-15-7-3-4-8-16(15)18-14-10-9-12-5-1-2-6-13(12)11-14;1-8-6-4-9-3-2-5(6)7(10)11/h3-4,7-11H,1-2,5-6H2;2-4,8H,1H3,(H,10,11). The van der Waals surface area contributed by atoms with E-state index >= 15 is 0 Å². The number of carboxylic acids is 1. The van der Waals surface area contributed by atoms with Gasteiger partial charge in [0.25, 0.3) is 0 Å². The van der Waals surface area contributed by atoms with Gasteiger partial charge in [0.2, 0.25) is 0 Å². The second-order valence-corrected chi connectivity index (χ2v) is 7.05. The van der Waals surface area contributed by atoms with Crippen LogP contribution in [0, 0.1) is 0 Å². The van der Waals surface area contributed by atoms with Crippen LogP contribution in [0.25, 0.3) is 0 Å². The average Bonchev–Trinajstić information content (AvgIpc) is 2.75. The normalized spacial score (nSPS) is 12.2. The average molecular weight is 411 g/mol. The number of nitrogens with zero attached hydrogens (tertiary/aromatic N) is 1. The van der Waals surface area contributed by atoms with Gasteiger partial charge in [-0.3, -0.25) is 4.98 Å². The van der Waals surface area contributed by atoms with Crippen molar-refractivity contribution in [1.82, 2.24) is 4.98 Å². The first-order valence-corrected chi connectivity index (χ1v) is 9.85. The molecule has 5 nitrogen and oxygen atoms in total. The maximum atomic E-state index is 10.5. The van der Waals surface area contributed by atoms with Crippen molar-refractivity contribution in [2.24, 2.45) is 0 Å². The first-order valence-electron chi connectivity index (χ1n) is 9.47. The summed E-state index contributed by atoms with van der Waals surface area (Å²) in [5.74, 6) is 0.649. The molecule has 0 unspecified atom stereocenters. The molecule has 1 aliphatic carbocycles. The third-order valence-electron chi connectivity index (χ3n) is 4.71. The minimum Gasteiger partial charge on any atom is -0.478 e. The van der Waals surface area contributed by atoms with E-state index in [0.29, 0.717) is 10.7 Å². The van der Waals surface area contributed by atoms with Crippen molar-refractivity contribution in [1.29, 1.82) is 0 Å². The molecule has 1 aliphatic rings. The highest BCUT2D eigenvalue weighted by molar-refractivity contribution is 6.32. The molecular weight excluding hydrogens is 388 g/mol. The zero-order chi connectivity index (χ0) is 20.6. The van der Waals surface area contributed by atoms with Crippen LogP contribution in [0.2, 0.25) is 5.02 Å². The predicted molar refractivity (Wildman–Crippen MR) is 115 cm³/mol. The zero-order valence-corrected chi connectivity index (χ0v) is 16.9. The third-order valence-corrected chi connectivity index (χ3v) is 5.02. The van der Waals surface area contributed by atoms with Crippen LogP contribution in [0.3, 0.4) is 0 Å². The Labute approximate surface area is 175 Å². The van der Waals surface area contributed by atoms with Crippen molar-refractivity contribution in [3.05, 3.63) is 82.6 Å². The third kappa shape index (κ3) is 5.48.